The van der Waals surface area contributed by atoms with E-state index >= 15 is 0 Å². The fourth-order valence-electron chi connectivity index (χ4n) is 8.87. The molecule has 0 amide bonds. The summed E-state index contributed by atoms with van der Waals surface area (Å²) in [7, 11) is 0. The Bertz CT molecular complexity index is 1650. The summed E-state index contributed by atoms with van der Waals surface area (Å²) in [6.45, 7) is 5.25. The summed E-state index contributed by atoms with van der Waals surface area (Å²) in [5.74, 6) is 0.683. The van der Waals surface area contributed by atoms with Crippen LogP contribution in [0.15, 0.2) is 126 Å². The summed E-state index contributed by atoms with van der Waals surface area (Å²) in [6.07, 6.45) is 16.3. The lowest BCUT2D eigenvalue weighted by Crippen LogP contribution is -2.50. The second-order valence-corrected chi connectivity index (χ2v) is 14.1. The predicted molar refractivity (Wildman–Crippen MR) is 188 cm³/mol. The van der Waals surface area contributed by atoms with Crippen molar-refractivity contribution in [2.45, 2.75) is 71.6 Å². The van der Waals surface area contributed by atoms with Crippen molar-refractivity contribution in [2.24, 2.45) is 16.7 Å². The van der Waals surface area contributed by atoms with Gasteiger partial charge in [-0.15, -0.1) is 0 Å². The van der Waals surface area contributed by atoms with Gasteiger partial charge in [0.2, 0.25) is 0 Å². The van der Waals surface area contributed by atoms with E-state index in [1.807, 2.05) is 0 Å². The van der Waals surface area contributed by atoms with Crippen LogP contribution in [0.2, 0.25) is 5.02 Å². The number of fused-ring (bicyclic) bond motifs is 2. The van der Waals surface area contributed by atoms with Crippen LogP contribution in [0.3, 0.4) is 0 Å². The molecule has 3 aliphatic rings. The molecule has 0 saturated heterocycles. The second-order valence-electron chi connectivity index (χ2n) is 13.7. The molecular formula is C42H44ClN. The van der Waals surface area contributed by atoms with Crippen LogP contribution in [-0.4, -0.2) is 0 Å². The molecule has 0 heterocycles. The van der Waals surface area contributed by atoms with E-state index in [1.165, 1.54) is 56.9 Å². The number of halogens is 1. The number of hydrogen-bond acceptors (Lipinski definition) is 1. The highest BCUT2D eigenvalue weighted by Gasteiger charge is 2.55. The zero-order valence-corrected chi connectivity index (χ0v) is 27.0. The molecule has 0 bridgehead atoms. The van der Waals surface area contributed by atoms with E-state index in [0.29, 0.717) is 16.7 Å². The number of rotatable bonds is 7. The molecule has 7 rings (SSSR count). The zero-order chi connectivity index (χ0) is 30.1. The van der Waals surface area contributed by atoms with E-state index in [4.69, 9.17) is 11.6 Å². The average Bonchev–Trinajstić information content (AvgIpc) is 3.06. The zero-order valence-electron chi connectivity index (χ0n) is 26.2. The molecule has 1 fully saturated rings. The molecule has 3 unspecified atom stereocenters. The molecule has 0 N–H and O–H groups in total. The minimum absolute atomic E-state index is 0.337. The first-order valence-electron chi connectivity index (χ1n) is 16.6. The smallest absolute Gasteiger partial charge is 0.0516 e. The summed E-state index contributed by atoms with van der Waals surface area (Å²) in [6, 6.07) is 36.7. The van der Waals surface area contributed by atoms with E-state index in [2.05, 4.69) is 134 Å². The molecule has 0 aliphatic heterocycles. The van der Waals surface area contributed by atoms with Gasteiger partial charge in [0, 0.05) is 22.6 Å². The van der Waals surface area contributed by atoms with E-state index < -0.39 is 0 Å². The molecule has 0 radical (unpaired) electrons. The minimum atomic E-state index is 0.337. The molecule has 1 saturated carbocycles. The third kappa shape index (κ3) is 5.14. The van der Waals surface area contributed by atoms with Gasteiger partial charge in [0.25, 0.3) is 0 Å². The van der Waals surface area contributed by atoms with Gasteiger partial charge in [0.05, 0.1) is 5.02 Å². The fraction of sp³-hybridized carbons (Fsp3) is 0.333. The van der Waals surface area contributed by atoms with Crippen LogP contribution >= 0.6 is 11.6 Å². The van der Waals surface area contributed by atoms with Crippen molar-refractivity contribution < 1.29 is 0 Å². The topological polar surface area (TPSA) is 3.24 Å². The average molecular weight is 598 g/mol. The van der Waals surface area contributed by atoms with Crippen molar-refractivity contribution in [1.29, 1.82) is 0 Å². The number of benzene rings is 4. The first-order chi connectivity index (χ1) is 21.5. The Hall–Kier alpha value is -3.55. The summed E-state index contributed by atoms with van der Waals surface area (Å²) >= 11 is 7.30. The van der Waals surface area contributed by atoms with Crippen molar-refractivity contribution in [1.82, 2.24) is 0 Å². The maximum absolute atomic E-state index is 7.30. The van der Waals surface area contributed by atoms with Gasteiger partial charge < -0.3 is 4.90 Å². The standard InChI is InChI=1S/C42H44ClN/c1-41-27-11-12-28-42(41,2)39-24-10-9-15-33(39)29-34(41)26-25-31-16-14-23-38(40(31)43)32-17-13-22-37(30-32)44(35-18-5-3-6-19-35)36-20-7-4-8-21-36/h3-9,13-23,30,34H,10-12,24-29H2,1-2H3. The maximum Gasteiger partial charge on any atom is 0.0516 e. The van der Waals surface area contributed by atoms with Crippen molar-refractivity contribution in [3.63, 3.8) is 0 Å². The minimum Gasteiger partial charge on any atom is -0.310 e. The van der Waals surface area contributed by atoms with Crippen molar-refractivity contribution in [3.8, 4) is 11.1 Å². The number of aryl methyl sites for hydroxylation is 1. The normalized spacial score (nSPS) is 24.5. The van der Waals surface area contributed by atoms with E-state index in [1.54, 1.807) is 11.1 Å². The first kappa shape index (κ1) is 29.2. The van der Waals surface area contributed by atoms with E-state index in [9.17, 15) is 0 Å². The van der Waals surface area contributed by atoms with E-state index in [-0.39, 0.29) is 0 Å². The van der Waals surface area contributed by atoms with Crippen molar-refractivity contribution in [2.75, 3.05) is 4.90 Å². The molecule has 1 nitrogen and oxygen atoms in total. The summed E-state index contributed by atoms with van der Waals surface area (Å²) in [5.41, 5.74) is 11.1. The molecule has 4 aromatic carbocycles. The van der Waals surface area contributed by atoms with Gasteiger partial charge >= 0.3 is 0 Å². The van der Waals surface area contributed by atoms with Gasteiger partial charge in [0.15, 0.2) is 0 Å². The number of nitrogens with zero attached hydrogens (tertiary/aromatic N) is 1. The summed E-state index contributed by atoms with van der Waals surface area (Å²) < 4.78 is 0. The van der Waals surface area contributed by atoms with Crippen LogP contribution in [-0.2, 0) is 6.42 Å². The molecule has 3 atom stereocenters. The van der Waals surface area contributed by atoms with Crippen molar-refractivity contribution in [3.05, 3.63) is 137 Å². The van der Waals surface area contributed by atoms with Crippen LogP contribution < -0.4 is 4.90 Å². The molecular weight excluding hydrogens is 554 g/mol. The Balaban J connectivity index is 1.18. The lowest BCUT2D eigenvalue weighted by atomic mass is 9.45. The molecule has 0 aromatic heterocycles. The molecule has 2 heteroatoms. The quantitative estimate of drug-likeness (QED) is 0.205. The molecule has 224 valence electrons. The number of anilines is 3. The van der Waals surface area contributed by atoms with Crippen molar-refractivity contribution >= 4 is 28.7 Å². The Morgan fingerprint density at radius 1 is 0.773 bits per heavy atom. The number of hydrogen-bond donors (Lipinski definition) is 0. The van der Waals surface area contributed by atoms with Gasteiger partial charge in [-0.25, -0.2) is 0 Å². The van der Waals surface area contributed by atoms with Gasteiger partial charge in [0.1, 0.15) is 0 Å². The highest BCUT2D eigenvalue weighted by molar-refractivity contribution is 6.34. The summed E-state index contributed by atoms with van der Waals surface area (Å²) in [5, 5.41) is 0.903. The first-order valence-corrected chi connectivity index (χ1v) is 17.0. The predicted octanol–water partition coefficient (Wildman–Crippen LogP) is 12.7. The van der Waals surface area contributed by atoms with Crippen LogP contribution in [0.4, 0.5) is 17.1 Å². The van der Waals surface area contributed by atoms with Gasteiger partial charge in [-0.1, -0.05) is 123 Å². The Labute approximate surface area is 269 Å². The van der Waals surface area contributed by atoms with E-state index in [0.717, 1.165) is 39.6 Å². The molecule has 0 spiro atoms. The number of para-hydroxylation sites is 2. The van der Waals surface area contributed by atoms with Gasteiger partial charge in [-0.2, -0.15) is 0 Å². The van der Waals surface area contributed by atoms with Crippen LogP contribution in [0, 0.1) is 16.7 Å². The summed E-state index contributed by atoms with van der Waals surface area (Å²) in [4.78, 5) is 2.31. The monoisotopic (exact) mass is 597 g/mol. The Morgan fingerprint density at radius 3 is 2.20 bits per heavy atom. The van der Waals surface area contributed by atoms with Gasteiger partial charge in [-0.3, -0.25) is 0 Å². The lowest BCUT2D eigenvalue weighted by Gasteiger charge is -2.59. The second kappa shape index (κ2) is 12.1. The SMILES string of the molecule is CC12CCCCC1(C)C(CCc1cccc(-c3cccc(N(c4ccccc4)c4ccccc4)c3)c1Cl)CC1=C2CCC=C1. The Morgan fingerprint density at radius 2 is 1.45 bits per heavy atom. The third-order valence-electron chi connectivity index (χ3n) is 11.5. The van der Waals surface area contributed by atoms with Crippen LogP contribution in [0.1, 0.15) is 70.8 Å². The lowest BCUT2D eigenvalue weighted by molar-refractivity contribution is -0.0275. The molecule has 4 aromatic rings. The maximum atomic E-state index is 7.30. The molecule has 3 aliphatic carbocycles. The molecule has 44 heavy (non-hydrogen) atoms. The van der Waals surface area contributed by atoms with Crippen LogP contribution in [0.5, 0.6) is 0 Å². The highest BCUT2D eigenvalue weighted by atomic mass is 35.5. The largest absolute Gasteiger partial charge is 0.310 e. The fourth-order valence-corrected chi connectivity index (χ4v) is 9.20. The highest BCUT2D eigenvalue weighted by Crippen LogP contribution is 2.65. The Kier molecular flexibility index (Phi) is 8.02. The number of allylic oxidation sites excluding steroid dienone is 4. The van der Waals surface area contributed by atoms with Gasteiger partial charge in [-0.05, 0) is 115 Å². The van der Waals surface area contributed by atoms with Crippen LogP contribution in [0.25, 0.3) is 11.1 Å². The third-order valence-corrected chi connectivity index (χ3v) is 11.9.